The molecule has 72 valence electrons. The Morgan fingerprint density at radius 1 is 1.08 bits per heavy atom. The number of carboxylic acids is 2. The summed E-state index contributed by atoms with van der Waals surface area (Å²) in [4.78, 5) is 20.2. The first-order valence-electron chi connectivity index (χ1n) is 3.56. The van der Waals surface area contributed by atoms with E-state index >= 15 is 0 Å². The topological polar surface area (TPSA) is 122 Å². The fraction of sp³-hybridized carbons (Fsp3) is 0.429. The summed E-state index contributed by atoms with van der Waals surface area (Å²) in [6.45, 7) is 0. The van der Waals surface area contributed by atoms with Crippen LogP contribution in [0.1, 0.15) is 19.3 Å². The molecule has 6 nitrogen and oxygen atoms in total. The van der Waals surface area contributed by atoms with Crippen LogP contribution in [0.5, 0.6) is 0 Å². The molecule has 0 aliphatic carbocycles. The van der Waals surface area contributed by atoms with E-state index in [-0.39, 0.29) is 25.0 Å². The summed E-state index contributed by atoms with van der Waals surface area (Å²) in [7, 11) is 0. The Balaban J connectivity index is 3.82. The average Bonchev–Trinajstić information content (AvgIpc) is 2.02. The molecule has 0 bridgehead atoms. The van der Waals surface area contributed by atoms with Crippen LogP contribution in [0.25, 0.3) is 0 Å². The maximum absolute atomic E-state index is 10.2. The second-order valence-corrected chi connectivity index (χ2v) is 2.41. The summed E-state index contributed by atoms with van der Waals surface area (Å²) < 4.78 is 0. The molecule has 6 heteroatoms. The van der Waals surface area contributed by atoms with Gasteiger partial charge in [0.1, 0.15) is 0 Å². The lowest BCUT2D eigenvalue weighted by molar-refractivity contribution is -0.137. The highest BCUT2D eigenvalue weighted by atomic mass is 16.4. The molecular weight excluding hydrogens is 176 g/mol. The second kappa shape index (κ2) is 5.02. The van der Waals surface area contributed by atoms with Crippen LogP contribution in [0.2, 0.25) is 0 Å². The molecule has 0 radical (unpaired) electrons. The zero-order chi connectivity index (χ0) is 10.4. The lowest BCUT2D eigenvalue weighted by Crippen LogP contribution is -2.21. The minimum atomic E-state index is -1.46. The third kappa shape index (κ3) is 4.67. The van der Waals surface area contributed by atoms with Crippen LogP contribution in [-0.2, 0) is 9.59 Å². The maximum Gasteiger partial charge on any atom is 0.355 e. The summed E-state index contributed by atoms with van der Waals surface area (Å²) in [6.07, 6.45) is 0.0799. The Kier molecular flexibility index (Phi) is 4.36. The molecule has 0 spiro atoms. The van der Waals surface area contributed by atoms with Gasteiger partial charge in [-0.2, -0.15) is 0 Å². The monoisotopic (exact) mass is 186 g/mol. The van der Waals surface area contributed by atoms with Gasteiger partial charge in [-0.25, -0.2) is 4.79 Å². The molecule has 0 aliphatic rings. The van der Waals surface area contributed by atoms with Gasteiger partial charge < -0.3 is 15.6 Å². The van der Waals surface area contributed by atoms with Crippen molar-refractivity contribution in [3.63, 3.8) is 0 Å². The molecule has 0 aromatic carbocycles. The van der Waals surface area contributed by atoms with Crippen LogP contribution in [0, 0.1) is 10.8 Å². The molecule has 0 atom stereocenters. The Morgan fingerprint density at radius 3 is 2.00 bits per heavy atom. The Bertz CT molecular complexity index is 259. The Hall–Kier alpha value is -1.72. The van der Waals surface area contributed by atoms with Crippen LogP contribution in [0.15, 0.2) is 0 Å². The van der Waals surface area contributed by atoms with Gasteiger partial charge in [0.2, 0.25) is 0 Å². The SMILES string of the molecule is N=C(CCCC(=O)O)C(=N)C(=O)O. The smallest absolute Gasteiger partial charge is 0.355 e. The van der Waals surface area contributed by atoms with E-state index in [1.165, 1.54) is 0 Å². The maximum atomic E-state index is 10.2. The van der Waals surface area contributed by atoms with Crippen molar-refractivity contribution in [3.8, 4) is 0 Å². The van der Waals surface area contributed by atoms with Crippen molar-refractivity contribution in [2.75, 3.05) is 0 Å². The van der Waals surface area contributed by atoms with Crippen molar-refractivity contribution < 1.29 is 19.8 Å². The zero-order valence-electron chi connectivity index (χ0n) is 6.83. The van der Waals surface area contributed by atoms with Crippen LogP contribution in [0.3, 0.4) is 0 Å². The number of rotatable bonds is 6. The number of aliphatic carboxylic acids is 2. The first-order chi connectivity index (χ1) is 5.95. The van der Waals surface area contributed by atoms with Gasteiger partial charge in [-0.15, -0.1) is 0 Å². The zero-order valence-corrected chi connectivity index (χ0v) is 6.83. The number of carbonyl (C=O) groups is 2. The predicted octanol–water partition coefficient (Wildman–Crippen LogP) is 0.365. The molecular formula is C7H10N2O4. The Labute approximate surface area is 74.2 Å². The third-order valence-electron chi connectivity index (χ3n) is 1.33. The van der Waals surface area contributed by atoms with Crippen molar-refractivity contribution in [2.24, 2.45) is 0 Å². The highest BCUT2D eigenvalue weighted by molar-refractivity contribution is 6.63. The molecule has 13 heavy (non-hydrogen) atoms. The molecule has 0 rings (SSSR count). The number of hydrogen-bond donors (Lipinski definition) is 4. The summed E-state index contributed by atoms with van der Waals surface area (Å²) in [5, 5.41) is 30.4. The number of nitrogens with one attached hydrogen (secondary N) is 2. The lowest BCUT2D eigenvalue weighted by atomic mass is 10.1. The van der Waals surface area contributed by atoms with E-state index in [4.69, 9.17) is 21.0 Å². The largest absolute Gasteiger partial charge is 0.481 e. The molecule has 0 unspecified atom stereocenters. The average molecular weight is 186 g/mol. The molecule has 0 heterocycles. The first kappa shape index (κ1) is 11.3. The van der Waals surface area contributed by atoms with E-state index in [1.807, 2.05) is 0 Å². The van der Waals surface area contributed by atoms with Crippen LogP contribution in [0.4, 0.5) is 0 Å². The quantitative estimate of drug-likeness (QED) is 0.447. The number of hydrogen-bond acceptors (Lipinski definition) is 4. The fourth-order valence-corrected chi connectivity index (χ4v) is 0.670. The predicted molar refractivity (Wildman–Crippen MR) is 44.6 cm³/mol. The minimum absolute atomic E-state index is 0.0113. The molecule has 0 saturated carbocycles. The summed E-state index contributed by atoms with van der Waals surface area (Å²) >= 11 is 0. The third-order valence-corrected chi connectivity index (χ3v) is 1.33. The van der Waals surface area contributed by atoms with Crippen molar-refractivity contribution in [3.05, 3.63) is 0 Å². The summed E-state index contributed by atoms with van der Waals surface area (Å²) in [5.41, 5.74) is -1.11. The van der Waals surface area contributed by atoms with Gasteiger partial charge in [0.05, 0.1) is 5.71 Å². The van der Waals surface area contributed by atoms with E-state index in [2.05, 4.69) is 0 Å². The van der Waals surface area contributed by atoms with Crippen molar-refractivity contribution >= 4 is 23.4 Å². The lowest BCUT2D eigenvalue weighted by Gasteiger charge is -1.99. The molecule has 0 aromatic heterocycles. The second-order valence-electron chi connectivity index (χ2n) is 2.41. The molecule has 0 aliphatic heterocycles. The van der Waals surface area contributed by atoms with E-state index in [0.29, 0.717) is 0 Å². The van der Waals surface area contributed by atoms with Crippen molar-refractivity contribution in [1.29, 1.82) is 10.8 Å². The van der Waals surface area contributed by atoms with E-state index < -0.39 is 17.7 Å². The highest BCUT2D eigenvalue weighted by Gasteiger charge is 2.12. The molecule has 4 N–H and O–H groups in total. The van der Waals surface area contributed by atoms with Crippen LogP contribution < -0.4 is 0 Å². The van der Waals surface area contributed by atoms with Crippen molar-refractivity contribution in [1.82, 2.24) is 0 Å². The first-order valence-corrected chi connectivity index (χ1v) is 3.56. The van der Waals surface area contributed by atoms with Gasteiger partial charge in [-0.3, -0.25) is 10.2 Å². The van der Waals surface area contributed by atoms with Gasteiger partial charge in [-0.05, 0) is 12.8 Å². The van der Waals surface area contributed by atoms with Crippen LogP contribution in [-0.4, -0.2) is 33.6 Å². The number of carboxylic acid groups (broad SMARTS) is 2. The summed E-state index contributed by atoms with van der Waals surface area (Å²) in [5.74, 6) is -2.45. The van der Waals surface area contributed by atoms with Gasteiger partial charge in [-0.1, -0.05) is 0 Å². The van der Waals surface area contributed by atoms with Gasteiger partial charge in [0, 0.05) is 6.42 Å². The molecule has 0 amide bonds. The van der Waals surface area contributed by atoms with Crippen LogP contribution >= 0.6 is 0 Å². The minimum Gasteiger partial charge on any atom is -0.481 e. The molecule has 0 aromatic rings. The van der Waals surface area contributed by atoms with E-state index in [9.17, 15) is 9.59 Å². The van der Waals surface area contributed by atoms with Gasteiger partial charge in [0.25, 0.3) is 0 Å². The fourth-order valence-electron chi connectivity index (χ4n) is 0.670. The van der Waals surface area contributed by atoms with Gasteiger partial charge in [0.15, 0.2) is 5.71 Å². The highest BCUT2D eigenvalue weighted by Crippen LogP contribution is 1.98. The summed E-state index contributed by atoms with van der Waals surface area (Å²) in [6, 6.07) is 0. The van der Waals surface area contributed by atoms with E-state index in [0.717, 1.165) is 0 Å². The van der Waals surface area contributed by atoms with Crippen molar-refractivity contribution in [2.45, 2.75) is 19.3 Å². The molecule has 0 saturated heterocycles. The van der Waals surface area contributed by atoms with E-state index in [1.54, 1.807) is 0 Å². The Morgan fingerprint density at radius 2 is 1.62 bits per heavy atom. The standard InChI is InChI=1S/C7H10N2O4/c8-4(6(9)7(12)13)2-1-3-5(10)11/h8-9H,1-3H2,(H,10,11)(H,12,13). The normalized spacial score (nSPS) is 9.23. The molecule has 0 fully saturated rings. The van der Waals surface area contributed by atoms with Gasteiger partial charge >= 0.3 is 11.9 Å².